The Morgan fingerprint density at radius 1 is 1.22 bits per heavy atom. The van der Waals surface area contributed by atoms with Gasteiger partial charge in [-0.25, -0.2) is 9.50 Å². The van der Waals surface area contributed by atoms with Crippen molar-refractivity contribution < 1.29 is 0 Å². The molecule has 5 heteroatoms. The number of nitrogens with zero attached hydrogens (tertiary/aromatic N) is 3. The summed E-state index contributed by atoms with van der Waals surface area (Å²) >= 11 is 5.89. The van der Waals surface area contributed by atoms with E-state index in [-0.39, 0.29) is 0 Å². The fraction of sp³-hybridized carbons (Fsp3) is 0.0769. The van der Waals surface area contributed by atoms with E-state index in [1.54, 1.807) is 10.7 Å². The van der Waals surface area contributed by atoms with Crippen LogP contribution in [0.5, 0.6) is 0 Å². The Balaban J connectivity index is 2.25. The number of benzene rings is 1. The molecular weight excluding hydrogens is 248 g/mol. The Morgan fingerprint density at radius 2 is 2.00 bits per heavy atom. The molecule has 2 N–H and O–H groups in total. The lowest BCUT2D eigenvalue weighted by Gasteiger charge is -1.99. The quantitative estimate of drug-likeness (QED) is 0.768. The van der Waals surface area contributed by atoms with Crippen molar-refractivity contribution in [3.05, 3.63) is 53.3 Å². The van der Waals surface area contributed by atoms with Gasteiger partial charge in [0.05, 0.1) is 5.69 Å². The third kappa shape index (κ3) is 1.75. The van der Waals surface area contributed by atoms with Gasteiger partial charge in [-0.2, -0.15) is 5.10 Å². The molecule has 0 bridgehead atoms. The molecule has 18 heavy (non-hydrogen) atoms. The van der Waals surface area contributed by atoms with E-state index in [0.29, 0.717) is 11.6 Å². The zero-order valence-electron chi connectivity index (χ0n) is 9.55. The minimum Gasteiger partial charge on any atom is -0.326 e. The molecule has 4 nitrogen and oxygen atoms in total. The first-order valence-electron chi connectivity index (χ1n) is 5.58. The Hall–Kier alpha value is -1.91. The van der Waals surface area contributed by atoms with E-state index in [2.05, 4.69) is 10.1 Å². The van der Waals surface area contributed by atoms with Crippen molar-refractivity contribution in [3.63, 3.8) is 0 Å². The van der Waals surface area contributed by atoms with Crippen LogP contribution in [0, 0.1) is 0 Å². The second-order valence-electron chi connectivity index (χ2n) is 3.93. The number of nitrogens with two attached hydrogens (primary N) is 1. The summed E-state index contributed by atoms with van der Waals surface area (Å²) in [5.74, 6) is 0. The molecule has 0 saturated heterocycles. The number of hydrogen-bond acceptors (Lipinski definition) is 3. The second-order valence-corrected chi connectivity index (χ2v) is 4.36. The summed E-state index contributed by atoms with van der Waals surface area (Å²) < 4.78 is 1.74. The molecule has 0 unspecified atom stereocenters. The molecule has 0 radical (unpaired) electrons. The Bertz CT molecular complexity index is 688. The fourth-order valence-electron chi connectivity index (χ4n) is 1.96. The van der Waals surface area contributed by atoms with Crippen LogP contribution in [0.2, 0.25) is 5.02 Å². The highest BCUT2D eigenvalue weighted by atomic mass is 35.5. The maximum absolute atomic E-state index is 5.89. The maximum Gasteiger partial charge on any atom is 0.160 e. The molecule has 0 spiro atoms. The third-order valence-corrected chi connectivity index (χ3v) is 3.06. The van der Waals surface area contributed by atoms with Crippen LogP contribution in [-0.2, 0) is 6.54 Å². The summed E-state index contributed by atoms with van der Waals surface area (Å²) in [5.41, 5.74) is 9.39. The van der Waals surface area contributed by atoms with E-state index < -0.39 is 0 Å². The first-order chi connectivity index (χ1) is 8.79. The lowest BCUT2D eigenvalue weighted by Crippen LogP contribution is -1.98. The molecule has 1 aromatic carbocycles. The van der Waals surface area contributed by atoms with E-state index in [9.17, 15) is 0 Å². The minimum absolute atomic E-state index is 0.401. The van der Waals surface area contributed by atoms with Crippen LogP contribution in [-0.4, -0.2) is 14.6 Å². The molecule has 0 aliphatic rings. The summed E-state index contributed by atoms with van der Waals surface area (Å²) in [6, 6.07) is 9.39. The van der Waals surface area contributed by atoms with Crippen molar-refractivity contribution in [1.29, 1.82) is 0 Å². The Labute approximate surface area is 109 Å². The Morgan fingerprint density at radius 3 is 2.72 bits per heavy atom. The first kappa shape index (κ1) is 11.2. The van der Waals surface area contributed by atoms with E-state index in [1.807, 2.05) is 36.5 Å². The van der Waals surface area contributed by atoms with Crippen LogP contribution in [0.3, 0.4) is 0 Å². The third-order valence-electron chi connectivity index (χ3n) is 2.81. The highest BCUT2D eigenvalue weighted by molar-refractivity contribution is 6.30. The molecule has 90 valence electrons. The zero-order chi connectivity index (χ0) is 12.5. The van der Waals surface area contributed by atoms with Crippen LogP contribution < -0.4 is 5.73 Å². The highest BCUT2D eigenvalue weighted by Crippen LogP contribution is 2.25. The highest BCUT2D eigenvalue weighted by Gasteiger charge is 2.13. The van der Waals surface area contributed by atoms with Gasteiger partial charge < -0.3 is 5.73 Å². The summed E-state index contributed by atoms with van der Waals surface area (Å²) in [5, 5.41) is 5.22. The normalized spacial score (nSPS) is 11.0. The topological polar surface area (TPSA) is 56.2 Å². The van der Waals surface area contributed by atoms with E-state index in [1.165, 1.54) is 0 Å². The van der Waals surface area contributed by atoms with Gasteiger partial charge in [0.15, 0.2) is 5.65 Å². The molecule has 0 saturated carbocycles. The predicted octanol–water partition coefficient (Wildman–Crippen LogP) is 2.51. The van der Waals surface area contributed by atoms with Gasteiger partial charge in [-0.05, 0) is 18.2 Å². The molecule has 2 heterocycles. The number of rotatable bonds is 2. The monoisotopic (exact) mass is 258 g/mol. The molecule has 0 aliphatic carbocycles. The summed E-state index contributed by atoms with van der Waals surface area (Å²) in [4.78, 5) is 4.31. The summed E-state index contributed by atoms with van der Waals surface area (Å²) in [6.07, 6.45) is 3.60. The summed E-state index contributed by atoms with van der Waals surface area (Å²) in [6.45, 7) is 0.401. The van der Waals surface area contributed by atoms with Gasteiger partial charge in [0.25, 0.3) is 0 Å². The van der Waals surface area contributed by atoms with Crippen molar-refractivity contribution >= 4 is 17.2 Å². The smallest absolute Gasteiger partial charge is 0.160 e. The van der Waals surface area contributed by atoms with Crippen LogP contribution in [0.4, 0.5) is 0 Å². The van der Waals surface area contributed by atoms with Crippen molar-refractivity contribution in [1.82, 2.24) is 14.6 Å². The molecule has 3 rings (SSSR count). The minimum atomic E-state index is 0.401. The van der Waals surface area contributed by atoms with Gasteiger partial charge in [0.1, 0.15) is 0 Å². The molecule has 0 atom stereocenters. The zero-order valence-corrected chi connectivity index (χ0v) is 10.3. The van der Waals surface area contributed by atoms with Gasteiger partial charge in [-0.3, -0.25) is 0 Å². The molecular formula is C13H11ClN4. The number of halogens is 1. The van der Waals surface area contributed by atoms with Gasteiger partial charge in [0.2, 0.25) is 0 Å². The van der Waals surface area contributed by atoms with Gasteiger partial charge >= 0.3 is 0 Å². The van der Waals surface area contributed by atoms with Crippen molar-refractivity contribution in [2.24, 2.45) is 5.73 Å². The molecule has 0 aliphatic heterocycles. The largest absolute Gasteiger partial charge is 0.326 e. The fourth-order valence-corrected chi connectivity index (χ4v) is 2.09. The second kappa shape index (κ2) is 4.40. The molecule has 2 aromatic heterocycles. The lowest BCUT2D eigenvalue weighted by atomic mass is 10.1. The first-order valence-corrected chi connectivity index (χ1v) is 5.95. The number of aromatic nitrogens is 3. The van der Waals surface area contributed by atoms with Crippen molar-refractivity contribution in [2.45, 2.75) is 6.54 Å². The number of hydrogen-bond donors (Lipinski definition) is 1. The van der Waals surface area contributed by atoms with E-state index in [0.717, 1.165) is 22.5 Å². The molecule has 0 fully saturated rings. The Kier molecular flexibility index (Phi) is 2.74. The number of fused-ring (bicyclic) bond motifs is 1. The van der Waals surface area contributed by atoms with Gasteiger partial charge in [-0.1, -0.05) is 23.7 Å². The maximum atomic E-state index is 5.89. The van der Waals surface area contributed by atoms with E-state index in [4.69, 9.17) is 17.3 Å². The van der Waals surface area contributed by atoms with Gasteiger partial charge in [-0.15, -0.1) is 0 Å². The summed E-state index contributed by atoms with van der Waals surface area (Å²) in [7, 11) is 0. The van der Waals surface area contributed by atoms with Crippen LogP contribution in [0.1, 0.15) is 5.56 Å². The average Bonchev–Trinajstić information content (AvgIpc) is 2.78. The van der Waals surface area contributed by atoms with Crippen molar-refractivity contribution in [3.8, 4) is 11.3 Å². The van der Waals surface area contributed by atoms with Crippen molar-refractivity contribution in [2.75, 3.05) is 0 Å². The van der Waals surface area contributed by atoms with Gasteiger partial charge in [0, 0.05) is 35.1 Å². The van der Waals surface area contributed by atoms with Crippen LogP contribution in [0.15, 0.2) is 42.7 Å². The SMILES string of the molecule is NCc1c(-c2ccc(Cl)cc2)nn2cccnc12. The standard InChI is InChI=1S/C13H11ClN4/c14-10-4-2-9(3-5-10)12-11(8-15)13-16-6-1-7-18(13)17-12/h1-7H,8,15H2. The van der Waals surface area contributed by atoms with Crippen LogP contribution in [0.25, 0.3) is 16.9 Å². The van der Waals surface area contributed by atoms with E-state index >= 15 is 0 Å². The van der Waals surface area contributed by atoms with Crippen LogP contribution >= 0.6 is 11.6 Å². The lowest BCUT2D eigenvalue weighted by molar-refractivity contribution is 0.942. The molecule has 0 amide bonds. The predicted molar refractivity (Wildman–Crippen MR) is 71.3 cm³/mol. The average molecular weight is 259 g/mol. The molecule has 3 aromatic rings.